The third-order valence-corrected chi connectivity index (χ3v) is 7.00. The van der Waals surface area contributed by atoms with Gasteiger partial charge >= 0.3 is 0 Å². The first-order valence-corrected chi connectivity index (χ1v) is 12.2. The predicted molar refractivity (Wildman–Crippen MR) is 132 cm³/mol. The molecular weight excluding hydrogens is 482 g/mol. The Bertz CT molecular complexity index is 1220. The van der Waals surface area contributed by atoms with Crippen LogP contribution < -0.4 is 5.32 Å². The van der Waals surface area contributed by atoms with Crippen LogP contribution in [0.25, 0.3) is 0 Å². The van der Waals surface area contributed by atoms with E-state index in [2.05, 4.69) is 5.32 Å². The highest BCUT2D eigenvalue weighted by molar-refractivity contribution is 6.30. The number of halogens is 1. The number of amides is 3. The summed E-state index contributed by atoms with van der Waals surface area (Å²) in [6.07, 6.45) is 2.18. The van der Waals surface area contributed by atoms with Crippen molar-refractivity contribution in [1.82, 2.24) is 15.1 Å². The number of ether oxygens (including phenoxy) is 1. The van der Waals surface area contributed by atoms with E-state index in [0.29, 0.717) is 43.1 Å². The highest BCUT2D eigenvalue weighted by atomic mass is 35.5. The summed E-state index contributed by atoms with van der Waals surface area (Å²) in [5, 5.41) is 3.49. The van der Waals surface area contributed by atoms with Crippen LogP contribution in [0.4, 0.5) is 0 Å². The molecule has 1 N–H and O–H groups in total. The maximum absolute atomic E-state index is 13.5. The molecule has 2 fully saturated rings. The van der Waals surface area contributed by atoms with Gasteiger partial charge in [-0.15, -0.1) is 0 Å². The van der Waals surface area contributed by atoms with E-state index in [1.54, 1.807) is 41.3 Å². The van der Waals surface area contributed by atoms with Crippen LogP contribution in [0.1, 0.15) is 39.3 Å². The standard InChI is InChI=1S/C27H26ClN3O5/c28-21-10-8-20(9-11-21)25(33)30-14-12-27(13-15-30)31(26(34)23-7-4-16-35-23)22(18-36-27)24(32)29-17-19-5-2-1-3-6-19/h1-11,16,22H,12-15,17-18H2,(H,29,32). The van der Waals surface area contributed by atoms with E-state index in [1.165, 1.54) is 11.2 Å². The number of nitrogens with zero attached hydrogens (tertiary/aromatic N) is 2. The fraction of sp³-hybridized carbons (Fsp3) is 0.296. The lowest BCUT2D eigenvalue weighted by atomic mass is 9.96. The van der Waals surface area contributed by atoms with Crippen molar-refractivity contribution in [1.29, 1.82) is 0 Å². The molecule has 2 aliphatic heterocycles. The Morgan fingerprint density at radius 2 is 1.67 bits per heavy atom. The summed E-state index contributed by atoms with van der Waals surface area (Å²) in [5.41, 5.74) is 0.497. The van der Waals surface area contributed by atoms with E-state index < -0.39 is 17.7 Å². The summed E-state index contributed by atoms with van der Waals surface area (Å²) in [6, 6.07) is 18.7. The lowest BCUT2D eigenvalue weighted by molar-refractivity contribution is -0.128. The van der Waals surface area contributed by atoms with E-state index in [0.717, 1.165) is 5.56 Å². The lowest BCUT2D eigenvalue weighted by Gasteiger charge is -2.44. The van der Waals surface area contributed by atoms with Crippen LogP contribution in [0.15, 0.2) is 77.4 Å². The van der Waals surface area contributed by atoms with Gasteiger partial charge < -0.3 is 19.4 Å². The number of hydrogen-bond acceptors (Lipinski definition) is 5. The van der Waals surface area contributed by atoms with Gasteiger partial charge in [-0.05, 0) is 42.0 Å². The van der Waals surface area contributed by atoms with E-state index in [9.17, 15) is 14.4 Å². The second kappa shape index (κ2) is 10.2. The molecule has 8 nitrogen and oxygen atoms in total. The number of nitrogens with one attached hydrogen (secondary N) is 1. The van der Waals surface area contributed by atoms with Crippen LogP contribution in [-0.4, -0.2) is 59.0 Å². The van der Waals surface area contributed by atoms with Crippen molar-refractivity contribution in [3.05, 3.63) is 94.9 Å². The van der Waals surface area contributed by atoms with Crippen molar-refractivity contribution in [3.63, 3.8) is 0 Å². The Hall–Kier alpha value is -3.62. The monoisotopic (exact) mass is 507 g/mol. The van der Waals surface area contributed by atoms with Gasteiger partial charge in [0.2, 0.25) is 5.91 Å². The van der Waals surface area contributed by atoms with Crippen molar-refractivity contribution in [2.75, 3.05) is 19.7 Å². The number of carbonyl (C=O) groups excluding carboxylic acids is 3. The number of piperidine rings is 1. The second-order valence-electron chi connectivity index (χ2n) is 8.93. The fourth-order valence-electron chi connectivity index (χ4n) is 4.82. The Morgan fingerprint density at radius 3 is 2.33 bits per heavy atom. The molecule has 1 atom stereocenters. The molecule has 186 valence electrons. The zero-order valence-electron chi connectivity index (χ0n) is 19.6. The summed E-state index contributed by atoms with van der Waals surface area (Å²) in [4.78, 5) is 43.0. The summed E-state index contributed by atoms with van der Waals surface area (Å²) < 4.78 is 11.6. The average Bonchev–Trinajstić information content (AvgIpc) is 3.57. The SMILES string of the molecule is O=C(NCc1ccccc1)C1COC2(CCN(C(=O)c3ccc(Cl)cc3)CC2)N1C(=O)c1ccco1. The zero-order valence-corrected chi connectivity index (χ0v) is 20.3. The Kier molecular flexibility index (Phi) is 6.80. The zero-order chi connectivity index (χ0) is 25.1. The summed E-state index contributed by atoms with van der Waals surface area (Å²) in [7, 11) is 0. The Morgan fingerprint density at radius 1 is 0.944 bits per heavy atom. The van der Waals surface area contributed by atoms with Gasteiger partial charge in [-0.1, -0.05) is 41.9 Å². The maximum Gasteiger partial charge on any atom is 0.292 e. The molecule has 2 aliphatic rings. The van der Waals surface area contributed by atoms with Crippen LogP contribution in [0.5, 0.6) is 0 Å². The van der Waals surface area contributed by atoms with Gasteiger partial charge in [-0.2, -0.15) is 0 Å². The van der Waals surface area contributed by atoms with E-state index in [4.69, 9.17) is 20.8 Å². The van der Waals surface area contributed by atoms with Gasteiger partial charge in [0.05, 0.1) is 12.9 Å². The normalized spacial score (nSPS) is 18.9. The molecule has 9 heteroatoms. The minimum absolute atomic E-state index is 0.0677. The molecule has 2 saturated heterocycles. The summed E-state index contributed by atoms with van der Waals surface area (Å²) in [5.74, 6) is -0.675. The number of rotatable bonds is 5. The van der Waals surface area contributed by atoms with Crippen molar-refractivity contribution >= 4 is 29.3 Å². The highest BCUT2D eigenvalue weighted by Gasteiger charge is 2.54. The molecule has 0 aliphatic carbocycles. The maximum atomic E-state index is 13.5. The predicted octanol–water partition coefficient (Wildman–Crippen LogP) is 3.72. The van der Waals surface area contributed by atoms with Crippen molar-refractivity contribution in [2.45, 2.75) is 31.2 Å². The lowest BCUT2D eigenvalue weighted by Crippen LogP contribution is -2.59. The Labute approximate surface area is 213 Å². The molecule has 3 amide bonds. The highest BCUT2D eigenvalue weighted by Crippen LogP contribution is 2.39. The molecule has 3 aromatic rings. The number of likely N-dealkylation sites (tertiary alicyclic amines) is 1. The average molecular weight is 508 g/mol. The largest absolute Gasteiger partial charge is 0.459 e. The summed E-state index contributed by atoms with van der Waals surface area (Å²) >= 11 is 5.95. The number of benzene rings is 2. The molecular formula is C27H26ClN3O5. The van der Waals surface area contributed by atoms with Crippen molar-refractivity contribution in [2.24, 2.45) is 0 Å². The third kappa shape index (κ3) is 4.74. The molecule has 1 spiro atoms. The van der Waals surface area contributed by atoms with Gasteiger partial charge in [0, 0.05) is 43.1 Å². The van der Waals surface area contributed by atoms with E-state index in [1.807, 2.05) is 30.3 Å². The van der Waals surface area contributed by atoms with E-state index in [-0.39, 0.29) is 24.2 Å². The molecule has 1 aromatic heterocycles. The van der Waals surface area contributed by atoms with Crippen molar-refractivity contribution in [3.8, 4) is 0 Å². The fourth-order valence-corrected chi connectivity index (χ4v) is 4.95. The van der Waals surface area contributed by atoms with Gasteiger partial charge in [-0.3, -0.25) is 19.3 Å². The number of furan rings is 1. The van der Waals surface area contributed by atoms with Gasteiger partial charge in [0.15, 0.2) is 5.76 Å². The van der Waals surface area contributed by atoms with E-state index >= 15 is 0 Å². The second-order valence-corrected chi connectivity index (χ2v) is 9.36. The van der Waals surface area contributed by atoms with Crippen LogP contribution in [-0.2, 0) is 16.1 Å². The van der Waals surface area contributed by atoms with Crippen molar-refractivity contribution < 1.29 is 23.5 Å². The smallest absolute Gasteiger partial charge is 0.292 e. The topological polar surface area (TPSA) is 92.1 Å². The molecule has 0 saturated carbocycles. The first-order valence-electron chi connectivity index (χ1n) is 11.8. The summed E-state index contributed by atoms with van der Waals surface area (Å²) in [6.45, 7) is 1.16. The third-order valence-electron chi connectivity index (χ3n) is 6.75. The first-order chi connectivity index (χ1) is 17.5. The quantitative estimate of drug-likeness (QED) is 0.568. The van der Waals surface area contributed by atoms with Gasteiger partial charge in [0.1, 0.15) is 11.8 Å². The minimum Gasteiger partial charge on any atom is -0.459 e. The van der Waals surface area contributed by atoms with Gasteiger partial charge in [-0.25, -0.2) is 0 Å². The van der Waals surface area contributed by atoms with Crippen LogP contribution in [0, 0.1) is 0 Å². The molecule has 3 heterocycles. The number of carbonyl (C=O) groups is 3. The molecule has 5 rings (SSSR count). The molecule has 1 unspecified atom stereocenters. The van der Waals surface area contributed by atoms with Gasteiger partial charge in [0.25, 0.3) is 11.8 Å². The molecule has 2 aromatic carbocycles. The first kappa shape index (κ1) is 24.1. The van der Waals surface area contributed by atoms with Crippen LogP contribution in [0.2, 0.25) is 5.02 Å². The molecule has 0 bridgehead atoms. The Balaban J connectivity index is 1.33. The number of hydrogen-bond donors (Lipinski definition) is 1. The van der Waals surface area contributed by atoms with Crippen LogP contribution >= 0.6 is 11.6 Å². The van der Waals surface area contributed by atoms with Crippen LogP contribution in [0.3, 0.4) is 0 Å². The minimum atomic E-state index is -1.00. The molecule has 36 heavy (non-hydrogen) atoms. The molecule has 0 radical (unpaired) electrons.